The third-order valence-corrected chi connectivity index (χ3v) is 2.91. The van der Waals surface area contributed by atoms with E-state index in [0.29, 0.717) is 6.04 Å². The first kappa shape index (κ1) is 11.4. The van der Waals surface area contributed by atoms with E-state index in [1.165, 1.54) is 12.8 Å². The zero-order chi connectivity index (χ0) is 11.4. The fraction of sp³-hybridized carbons (Fsp3) is 0.615. The first-order valence-electron chi connectivity index (χ1n) is 6.20. The van der Waals surface area contributed by atoms with Gasteiger partial charge >= 0.3 is 0 Å². The molecule has 1 aromatic heterocycles. The van der Waals surface area contributed by atoms with Crippen molar-refractivity contribution in [3.63, 3.8) is 0 Å². The number of hydrogen-bond donors (Lipinski definition) is 1. The third kappa shape index (κ3) is 2.95. The maximum absolute atomic E-state index is 4.69. The smallest absolute Gasteiger partial charge is 0.128 e. The highest BCUT2D eigenvalue weighted by Crippen LogP contribution is 2.17. The van der Waals surface area contributed by atoms with Crippen LogP contribution in [0.3, 0.4) is 0 Å². The van der Waals surface area contributed by atoms with Crippen LogP contribution in [0.25, 0.3) is 0 Å². The van der Waals surface area contributed by atoms with E-state index in [1.54, 1.807) is 0 Å². The van der Waals surface area contributed by atoms with Crippen LogP contribution in [0.4, 0.5) is 5.82 Å². The molecule has 1 aliphatic rings. The van der Waals surface area contributed by atoms with Crippen LogP contribution in [-0.2, 0) is 6.54 Å². The molecule has 2 rings (SSSR count). The fourth-order valence-electron chi connectivity index (χ4n) is 2.00. The predicted molar refractivity (Wildman–Crippen MR) is 67.7 cm³/mol. The zero-order valence-corrected chi connectivity index (χ0v) is 10.2. The molecule has 16 heavy (non-hydrogen) atoms. The predicted octanol–water partition coefficient (Wildman–Crippen LogP) is 2.18. The Hall–Kier alpha value is -1.09. The Labute approximate surface area is 97.9 Å². The molecule has 0 bridgehead atoms. The second-order valence-corrected chi connectivity index (χ2v) is 4.72. The van der Waals surface area contributed by atoms with Crippen molar-refractivity contribution >= 4 is 5.82 Å². The Morgan fingerprint density at radius 2 is 2.06 bits per heavy atom. The molecular weight excluding hydrogens is 198 g/mol. The Bertz CT molecular complexity index is 330. The number of aromatic nitrogens is 1. The Morgan fingerprint density at radius 3 is 2.75 bits per heavy atom. The summed E-state index contributed by atoms with van der Waals surface area (Å²) in [5.74, 6) is 1.14. The average molecular weight is 219 g/mol. The van der Waals surface area contributed by atoms with Gasteiger partial charge in [0.15, 0.2) is 0 Å². The van der Waals surface area contributed by atoms with E-state index < -0.39 is 0 Å². The first-order chi connectivity index (χ1) is 7.75. The minimum absolute atomic E-state index is 0.511. The molecule has 0 amide bonds. The van der Waals surface area contributed by atoms with Crippen LogP contribution in [0.2, 0.25) is 0 Å². The van der Waals surface area contributed by atoms with Gasteiger partial charge in [0.25, 0.3) is 0 Å². The lowest BCUT2D eigenvalue weighted by Gasteiger charge is -2.17. The summed E-state index contributed by atoms with van der Waals surface area (Å²) in [6.07, 6.45) is 2.60. The van der Waals surface area contributed by atoms with E-state index in [9.17, 15) is 0 Å². The summed E-state index contributed by atoms with van der Waals surface area (Å²) < 4.78 is 0. The average Bonchev–Trinajstić information content (AvgIpc) is 2.80. The normalized spacial score (nSPS) is 16.1. The van der Waals surface area contributed by atoms with Gasteiger partial charge in [-0.2, -0.15) is 0 Å². The molecule has 1 saturated heterocycles. The molecule has 1 aliphatic heterocycles. The van der Waals surface area contributed by atoms with Gasteiger partial charge in [-0.05, 0) is 25.0 Å². The molecule has 0 radical (unpaired) electrons. The van der Waals surface area contributed by atoms with E-state index in [0.717, 1.165) is 31.1 Å². The molecule has 3 heteroatoms. The SMILES string of the molecule is CC(C)NCc1cccc(N2CCCC2)n1. The highest BCUT2D eigenvalue weighted by molar-refractivity contribution is 5.40. The molecular formula is C13H21N3. The number of rotatable bonds is 4. The number of pyridine rings is 1. The highest BCUT2D eigenvalue weighted by atomic mass is 15.2. The van der Waals surface area contributed by atoms with Gasteiger partial charge in [-0.1, -0.05) is 19.9 Å². The van der Waals surface area contributed by atoms with Crippen molar-refractivity contribution in [1.29, 1.82) is 0 Å². The van der Waals surface area contributed by atoms with Gasteiger partial charge in [0.2, 0.25) is 0 Å². The van der Waals surface area contributed by atoms with Gasteiger partial charge < -0.3 is 10.2 Å². The maximum atomic E-state index is 4.69. The van der Waals surface area contributed by atoms with Gasteiger partial charge in [-0.3, -0.25) is 0 Å². The zero-order valence-electron chi connectivity index (χ0n) is 10.2. The van der Waals surface area contributed by atoms with E-state index in [4.69, 9.17) is 4.98 Å². The summed E-state index contributed by atoms with van der Waals surface area (Å²) in [5.41, 5.74) is 1.14. The summed E-state index contributed by atoms with van der Waals surface area (Å²) >= 11 is 0. The van der Waals surface area contributed by atoms with Crippen LogP contribution in [0.15, 0.2) is 18.2 Å². The molecule has 3 nitrogen and oxygen atoms in total. The van der Waals surface area contributed by atoms with Crippen molar-refractivity contribution in [1.82, 2.24) is 10.3 Å². The van der Waals surface area contributed by atoms with Crippen LogP contribution in [0.1, 0.15) is 32.4 Å². The van der Waals surface area contributed by atoms with Crippen molar-refractivity contribution in [3.05, 3.63) is 23.9 Å². The quantitative estimate of drug-likeness (QED) is 0.841. The molecule has 0 spiro atoms. The van der Waals surface area contributed by atoms with Crippen LogP contribution < -0.4 is 10.2 Å². The van der Waals surface area contributed by atoms with Crippen molar-refractivity contribution in [2.45, 2.75) is 39.3 Å². The Morgan fingerprint density at radius 1 is 1.31 bits per heavy atom. The van der Waals surface area contributed by atoms with Crippen molar-refractivity contribution in [2.24, 2.45) is 0 Å². The lowest BCUT2D eigenvalue weighted by molar-refractivity contribution is 0.581. The second kappa shape index (κ2) is 5.30. The Balaban J connectivity index is 2.01. The van der Waals surface area contributed by atoms with E-state index >= 15 is 0 Å². The first-order valence-corrected chi connectivity index (χ1v) is 6.20. The molecule has 2 heterocycles. The van der Waals surface area contributed by atoms with Crippen LogP contribution in [0.5, 0.6) is 0 Å². The van der Waals surface area contributed by atoms with Crippen molar-refractivity contribution in [3.8, 4) is 0 Å². The molecule has 1 aromatic rings. The largest absolute Gasteiger partial charge is 0.357 e. The standard InChI is InChI=1S/C13H21N3/c1-11(2)14-10-12-6-5-7-13(15-12)16-8-3-4-9-16/h5-7,11,14H,3-4,8-10H2,1-2H3. The molecule has 88 valence electrons. The summed E-state index contributed by atoms with van der Waals surface area (Å²) in [4.78, 5) is 7.06. The van der Waals surface area contributed by atoms with Gasteiger partial charge in [0.1, 0.15) is 5.82 Å². The monoisotopic (exact) mass is 219 g/mol. The van der Waals surface area contributed by atoms with Crippen LogP contribution in [0, 0.1) is 0 Å². The topological polar surface area (TPSA) is 28.2 Å². The summed E-state index contributed by atoms with van der Waals surface area (Å²) in [6, 6.07) is 6.83. The van der Waals surface area contributed by atoms with E-state index in [-0.39, 0.29) is 0 Å². The van der Waals surface area contributed by atoms with Gasteiger partial charge in [-0.15, -0.1) is 0 Å². The minimum atomic E-state index is 0.511. The molecule has 0 atom stereocenters. The molecule has 0 unspecified atom stereocenters. The van der Waals surface area contributed by atoms with Crippen LogP contribution in [-0.4, -0.2) is 24.1 Å². The maximum Gasteiger partial charge on any atom is 0.128 e. The number of nitrogens with zero attached hydrogens (tertiary/aromatic N) is 2. The van der Waals surface area contributed by atoms with Gasteiger partial charge in [0.05, 0.1) is 5.69 Å². The van der Waals surface area contributed by atoms with E-state index in [1.807, 2.05) is 0 Å². The lowest BCUT2D eigenvalue weighted by atomic mass is 10.3. The van der Waals surface area contributed by atoms with Crippen LogP contribution >= 0.6 is 0 Å². The molecule has 0 aromatic carbocycles. The second-order valence-electron chi connectivity index (χ2n) is 4.72. The summed E-state index contributed by atoms with van der Waals surface area (Å²) in [6.45, 7) is 7.50. The van der Waals surface area contributed by atoms with Crippen molar-refractivity contribution < 1.29 is 0 Å². The summed E-state index contributed by atoms with van der Waals surface area (Å²) in [5, 5.41) is 3.40. The minimum Gasteiger partial charge on any atom is -0.357 e. The number of hydrogen-bond acceptors (Lipinski definition) is 3. The molecule has 0 aliphatic carbocycles. The van der Waals surface area contributed by atoms with E-state index in [2.05, 4.69) is 42.3 Å². The van der Waals surface area contributed by atoms with Gasteiger partial charge in [-0.25, -0.2) is 4.98 Å². The Kier molecular flexibility index (Phi) is 3.78. The number of nitrogens with one attached hydrogen (secondary N) is 1. The highest BCUT2D eigenvalue weighted by Gasteiger charge is 2.13. The van der Waals surface area contributed by atoms with Crippen molar-refractivity contribution in [2.75, 3.05) is 18.0 Å². The lowest BCUT2D eigenvalue weighted by Crippen LogP contribution is -2.24. The molecule has 1 N–H and O–H groups in total. The molecule has 0 saturated carbocycles. The number of anilines is 1. The van der Waals surface area contributed by atoms with Gasteiger partial charge in [0, 0.05) is 25.7 Å². The molecule has 1 fully saturated rings. The fourth-order valence-corrected chi connectivity index (χ4v) is 2.00. The third-order valence-electron chi connectivity index (χ3n) is 2.91. The summed E-state index contributed by atoms with van der Waals surface area (Å²) in [7, 11) is 0.